The summed E-state index contributed by atoms with van der Waals surface area (Å²) in [5, 5.41) is 0. The largest absolute Gasteiger partial charge is 0.229 e. The lowest BCUT2D eigenvalue weighted by Crippen LogP contribution is -2.04. The van der Waals surface area contributed by atoms with Crippen molar-refractivity contribution in [1.29, 1.82) is 0 Å². The first-order chi connectivity index (χ1) is 3.12. The fourth-order valence-corrected chi connectivity index (χ4v) is 0.612. The summed E-state index contributed by atoms with van der Waals surface area (Å²) in [7, 11) is -2.66. The van der Waals surface area contributed by atoms with Crippen molar-refractivity contribution in [2.75, 3.05) is 11.5 Å². The average molecular weight is 159 g/mol. The van der Waals surface area contributed by atoms with Crippen LogP contribution in [0.3, 0.4) is 0 Å². The van der Waals surface area contributed by atoms with Gasteiger partial charge in [-0.1, -0.05) is 13.8 Å². The smallest absolute Gasteiger partial charge is 0.149 e. The van der Waals surface area contributed by atoms with Crippen LogP contribution >= 0.6 is 12.4 Å². The molecule has 0 saturated carbocycles. The normalized spacial score (nSPS) is 10.2. The van der Waals surface area contributed by atoms with Gasteiger partial charge in [0.05, 0.1) is 0 Å². The highest BCUT2D eigenvalue weighted by molar-refractivity contribution is 7.91. The molecule has 52 valence electrons. The van der Waals surface area contributed by atoms with Crippen LogP contribution in [-0.4, -0.2) is 19.9 Å². The van der Waals surface area contributed by atoms with E-state index in [-0.39, 0.29) is 23.9 Å². The van der Waals surface area contributed by atoms with Crippen LogP contribution in [0.25, 0.3) is 0 Å². The van der Waals surface area contributed by atoms with Crippen LogP contribution < -0.4 is 0 Å². The molecule has 0 amide bonds. The van der Waals surface area contributed by atoms with Crippen molar-refractivity contribution in [2.45, 2.75) is 13.8 Å². The van der Waals surface area contributed by atoms with E-state index in [1.807, 2.05) is 0 Å². The summed E-state index contributed by atoms with van der Waals surface area (Å²) in [4.78, 5) is 0. The molecule has 8 heavy (non-hydrogen) atoms. The second kappa shape index (κ2) is 4.15. The Bertz CT molecular complexity index is 117. The van der Waals surface area contributed by atoms with Crippen LogP contribution in [0.2, 0.25) is 0 Å². The van der Waals surface area contributed by atoms with Gasteiger partial charge < -0.3 is 0 Å². The zero-order valence-corrected chi connectivity index (χ0v) is 6.68. The van der Waals surface area contributed by atoms with Gasteiger partial charge in [0, 0.05) is 11.5 Å². The van der Waals surface area contributed by atoms with E-state index in [4.69, 9.17) is 0 Å². The van der Waals surface area contributed by atoms with Crippen molar-refractivity contribution in [3.63, 3.8) is 0 Å². The van der Waals surface area contributed by atoms with Crippen molar-refractivity contribution >= 4 is 22.2 Å². The summed E-state index contributed by atoms with van der Waals surface area (Å²) >= 11 is 0. The second-order valence-corrected chi connectivity index (χ2v) is 3.96. The molecule has 0 spiro atoms. The Morgan fingerprint density at radius 3 is 1.38 bits per heavy atom. The molecule has 0 fully saturated rings. The molecule has 0 saturated heterocycles. The number of rotatable bonds is 2. The van der Waals surface area contributed by atoms with Gasteiger partial charge in [-0.25, -0.2) is 8.42 Å². The van der Waals surface area contributed by atoms with Gasteiger partial charge >= 0.3 is 0 Å². The first-order valence-electron chi connectivity index (χ1n) is 2.32. The van der Waals surface area contributed by atoms with E-state index in [1.54, 1.807) is 13.8 Å². The Labute approximate surface area is 56.6 Å². The molecule has 0 aromatic heterocycles. The van der Waals surface area contributed by atoms with Crippen LogP contribution in [-0.2, 0) is 9.84 Å². The Morgan fingerprint density at radius 1 is 1.12 bits per heavy atom. The predicted octanol–water partition coefficient (Wildman–Crippen LogP) is 0.863. The summed E-state index contributed by atoms with van der Waals surface area (Å²) in [5.74, 6) is 0.535. The minimum absolute atomic E-state index is 0. The van der Waals surface area contributed by atoms with Crippen LogP contribution in [0, 0.1) is 0 Å². The molecule has 0 aliphatic rings. The third kappa shape index (κ3) is 4.40. The first kappa shape index (κ1) is 11.1. The third-order valence-corrected chi connectivity index (χ3v) is 2.64. The SMILES string of the molecule is CCS(=O)(=O)CC.Cl. The maximum Gasteiger partial charge on any atom is 0.149 e. The highest BCUT2D eigenvalue weighted by atomic mass is 35.5. The van der Waals surface area contributed by atoms with Crippen LogP contribution in [0.5, 0.6) is 0 Å². The van der Waals surface area contributed by atoms with Crippen molar-refractivity contribution in [3.8, 4) is 0 Å². The Balaban J connectivity index is 0. The minimum atomic E-state index is -2.66. The van der Waals surface area contributed by atoms with Gasteiger partial charge in [0.2, 0.25) is 0 Å². The molecule has 0 bridgehead atoms. The molecule has 0 atom stereocenters. The molecule has 0 N–H and O–H groups in total. The predicted molar refractivity (Wildman–Crippen MR) is 37.2 cm³/mol. The summed E-state index contributed by atoms with van der Waals surface area (Å²) in [6, 6.07) is 0. The van der Waals surface area contributed by atoms with E-state index >= 15 is 0 Å². The van der Waals surface area contributed by atoms with Gasteiger partial charge in [-0.2, -0.15) is 0 Å². The number of hydrogen-bond acceptors (Lipinski definition) is 2. The molecule has 0 aromatic carbocycles. The van der Waals surface area contributed by atoms with Crippen LogP contribution in [0.15, 0.2) is 0 Å². The monoisotopic (exact) mass is 158 g/mol. The molecule has 0 aromatic rings. The molecule has 0 unspecified atom stereocenters. The van der Waals surface area contributed by atoms with E-state index in [0.717, 1.165) is 0 Å². The molecule has 4 heteroatoms. The van der Waals surface area contributed by atoms with Gasteiger partial charge in [-0.05, 0) is 0 Å². The molecule has 0 radical (unpaired) electrons. The third-order valence-electron chi connectivity index (χ3n) is 0.880. The average Bonchev–Trinajstić information content (AvgIpc) is 1.68. The summed E-state index contributed by atoms with van der Waals surface area (Å²) in [6.07, 6.45) is 0. The number of hydrogen-bond donors (Lipinski definition) is 0. The maximum absolute atomic E-state index is 10.4. The topological polar surface area (TPSA) is 34.1 Å². The lowest BCUT2D eigenvalue weighted by Gasteiger charge is -1.89. The molecule has 0 rings (SSSR count). The highest BCUT2D eigenvalue weighted by Gasteiger charge is 1.99. The van der Waals surface area contributed by atoms with Gasteiger partial charge in [0.15, 0.2) is 0 Å². The summed E-state index contributed by atoms with van der Waals surface area (Å²) < 4.78 is 20.7. The van der Waals surface area contributed by atoms with E-state index in [1.165, 1.54) is 0 Å². The fraction of sp³-hybridized carbons (Fsp3) is 1.00. The highest BCUT2D eigenvalue weighted by Crippen LogP contribution is 1.84. The Hall–Kier alpha value is 0.240. The van der Waals surface area contributed by atoms with Gasteiger partial charge in [0.1, 0.15) is 9.84 Å². The van der Waals surface area contributed by atoms with E-state index in [2.05, 4.69) is 0 Å². The molecular weight excluding hydrogens is 148 g/mol. The Morgan fingerprint density at radius 2 is 1.38 bits per heavy atom. The lowest BCUT2D eigenvalue weighted by molar-refractivity contribution is 0.598. The Kier molecular flexibility index (Phi) is 5.76. The van der Waals surface area contributed by atoms with Crippen molar-refractivity contribution < 1.29 is 8.42 Å². The molecule has 0 aliphatic carbocycles. The second-order valence-electron chi connectivity index (χ2n) is 1.32. The zero-order valence-electron chi connectivity index (χ0n) is 5.05. The molecule has 0 heterocycles. The number of halogens is 1. The lowest BCUT2D eigenvalue weighted by atomic mass is 11.0. The van der Waals surface area contributed by atoms with Crippen molar-refractivity contribution in [1.82, 2.24) is 0 Å². The van der Waals surface area contributed by atoms with E-state index in [0.29, 0.717) is 0 Å². The molecular formula is C4H11ClO2S. The zero-order chi connectivity index (χ0) is 5.91. The van der Waals surface area contributed by atoms with Gasteiger partial charge in [-0.3, -0.25) is 0 Å². The fourth-order valence-electron chi connectivity index (χ4n) is 0.204. The maximum atomic E-state index is 10.4. The van der Waals surface area contributed by atoms with Crippen LogP contribution in [0.4, 0.5) is 0 Å². The standard InChI is InChI=1S/C4H10O2S.ClH/c1-3-7(5,6)4-2;/h3-4H2,1-2H3;1H. The molecule has 0 aliphatic heterocycles. The molecule has 2 nitrogen and oxygen atoms in total. The number of sulfone groups is 1. The van der Waals surface area contributed by atoms with Crippen LogP contribution in [0.1, 0.15) is 13.8 Å². The van der Waals surface area contributed by atoms with Gasteiger partial charge in [-0.15, -0.1) is 12.4 Å². The van der Waals surface area contributed by atoms with E-state index in [9.17, 15) is 8.42 Å². The minimum Gasteiger partial charge on any atom is -0.229 e. The van der Waals surface area contributed by atoms with Gasteiger partial charge in [0.25, 0.3) is 0 Å². The first-order valence-corrected chi connectivity index (χ1v) is 4.15. The van der Waals surface area contributed by atoms with E-state index < -0.39 is 9.84 Å². The summed E-state index contributed by atoms with van der Waals surface area (Å²) in [6.45, 7) is 3.30. The quantitative estimate of drug-likeness (QED) is 0.598. The van der Waals surface area contributed by atoms with Crippen molar-refractivity contribution in [3.05, 3.63) is 0 Å². The summed E-state index contributed by atoms with van der Waals surface area (Å²) in [5.41, 5.74) is 0. The van der Waals surface area contributed by atoms with Crippen molar-refractivity contribution in [2.24, 2.45) is 0 Å².